The molecule has 1 aromatic carbocycles. The van der Waals surface area contributed by atoms with E-state index in [4.69, 9.17) is 4.74 Å². The fourth-order valence-corrected chi connectivity index (χ4v) is 4.96. The Hall–Kier alpha value is -2.70. The van der Waals surface area contributed by atoms with Gasteiger partial charge in [0.05, 0.1) is 11.8 Å². The maximum Gasteiger partial charge on any atom is 0.326 e. The third-order valence-electron chi connectivity index (χ3n) is 6.46. The summed E-state index contributed by atoms with van der Waals surface area (Å²) < 4.78 is 4.98. The first-order chi connectivity index (χ1) is 13.3. The molecule has 0 unspecified atom stereocenters. The van der Waals surface area contributed by atoms with Gasteiger partial charge in [-0.3, -0.25) is 24.1 Å². The van der Waals surface area contributed by atoms with Crippen LogP contribution in [0, 0.1) is 37.5 Å². The van der Waals surface area contributed by atoms with Crippen LogP contribution in [0.15, 0.2) is 18.2 Å². The van der Waals surface area contributed by atoms with Crippen molar-refractivity contribution in [1.82, 2.24) is 4.90 Å². The molecule has 0 aromatic heterocycles. The molecule has 1 aromatic rings. The van der Waals surface area contributed by atoms with E-state index in [1.165, 1.54) is 0 Å². The fourth-order valence-electron chi connectivity index (χ4n) is 4.96. The van der Waals surface area contributed by atoms with E-state index in [-0.39, 0.29) is 35.5 Å². The molecule has 4 rings (SSSR count). The Morgan fingerprint density at radius 3 is 2.32 bits per heavy atom. The predicted octanol–water partition coefficient (Wildman–Crippen LogP) is 1.82. The molecule has 3 fully saturated rings. The molecule has 3 aliphatic rings. The number of hydrogen-bond donors (Lipinski definition) is 1. The number of carbonyl (C=O) groups excluding carboxylic acids is 4. The number of benzene rings is 1. The normalized spacial score (nSPS) is 27.9. The quantitative estimate of drug-likeness (QED) is 0.617. The second kappa shape index (κ2) is 7.04. The number of hydrogen-bond acceptors (Lipinski definition) is 5. The Kier molecular flexibility index (Phi) is 4.69. The van der Waals surface area contributed by atoms with Crippen LogP contribution in [0.25, 0.3) is 0 Å². The second-order valence-corrected chi connectivity index (χ2v) is 8.16. The Bertz CT molecular complexity index is 836. The lowest BCUT2D eigenvalue weighted by Crippen LogP contribution is -2.38. The Morgan fingerprint density at radius 1 is 1.07 bits per heavy atom. The van der Waals surface area contributed by atoms with Crippen LogP contribution in [0.3, 0.4) is 0 Å². The predicted molar refractivity (Wildman–Crippen MR) is 100 cm³/mol. The van der Waals surface area contributed by atoms with Gasteiger partial charge >= 0.3 is 5.97 Å². The van der Waals surface area contributed by atoms with Gasteiger partial charge in [-0.25, -0.2) is 0 Å². The number of likely N-dealkylation sites (tertiary alicyclic amines) is 1. The standard InChI is InChI=1S/C21H24N2O5/c1-11-3-6-15(7-12(11)2)22-16(24)10-28-17(25)9-23-20(26)18-13-4-5-14(8-13)19(18)21(23)27/h3,6-7,13-14,18-19H,4-5,8-10H2,1-2H3,(H,22,24)/t13-,14+,18-,19+. The van der Waals surface area contributed by atoms with Crippen molar-refractivity contribution in [3.05, 3.63) is 29.3 Å². The number of nitrogens with zero attached hydrogens (tertiary/aromatic N) is 1. The molecule has 1 N–H and O–H groups in total. The van der Waals surface area contributed by atoms with E-state index >= 15 is 0 Å². The third-order valence-corrected chi connectivity index (χ3v) is 6.46. The van der Waals surface area contributed by atoms with Crippen molar-refractivity contribution >= 4 is 29.4 Å². The largest absolute Gasteiger partial charge is 0.454 e. The number of amides is 3. The van der Waals surface area contributed by atoms with E-state index < -0.39 is 25.0 Å². The molecule has 0 radical (unpaired) electrons. The van der Waals surface area contributed by atoms with Gasteiger partial charge in [-0.15, -0.1) is 0 Å². The fraction of sp³-hybridized carbons (Fsp3) is 0.524. The molecule has 28 heavy (non-hydrogen) atoms. The molecular weight excluding hydrogens is 360 g/mol. The van der Waals surface area contributed by atoms with Crippen LogP contribution in [0.4, 0.5) is 5.69 Å². The van der Waals surface area contributed by atoms with Crippen LogP contribution >= 0.6 is 0 Å². The van der Waals surface area contributed by atoms with E-state index in [2.05, 4.69) is 5.32 Å². The lowest BCUT2D eigenvalue weighted by molar-refractivity contribution is -0.154. The molecule has 7 nitrogen and oxygen atoms in total. The number of esters is 1. The minimum Gasteiger partial charge on any atom is -0.454 e. The summed E-state index contributed by atoms with van der Waals surface area (Å²) in [7, 11) is 0. The highest BCUT2D eigenvalue weighted by atomic mass is 16.5. The molecule has 148 valence electrons. The van der Waals surface area contributed by atoms with Crippen molar-refractivity contribution in [2.45, 2.75) is 33.1 Å². The summed E-state index contributed by atoms with van der Waals surface area (Å²) in [5, 5.41) is 2.67. The van der Waals surface area contributed by atoms with E-state index in [9.17, 15) is 19.2 Å². The summed E-state index contributed by atoms with van der Waals surface area (Å²) in [4.78, 5) is 50.3. The maximum atomic E-state index is 12.6. The van der Waals surface area contributed by atoms with Crippen LogP contribution < -0.4 is 5.32 Å². The van der Waals surface area contributed by atoms with E-state index in [0.29, 0.717) is 5.69 Å². The molecule has 1 aliphatic heterocycles. The van der Waals surface area contributed by atoms with Crippen molar-refractivity contribution < 1.29 is 23.9 Å². The van der Waals surface area contributed by atoms with Gasteiger partial charge in [0.1, 0.15) is 6.54 Å². The zero-order valence-corrected chi connectivity index (χ0v) is 16.1. The van der Waals surface area contributed by atoms with E-state index in [1.807, 2.05) is 26.0 Å². The maximum absolute atomic E-state index is 12.6. The highest BCUT2D eigenvalue weighted by Crippen LogP contribution is 2.56. The van der Waals surface area contributed by atoms with Crippen LogP contribution in [-0.2, 0) is 23.9 Å². The van der Waals surface area contributed by atoms with Crippen molar-refractivity contribution in [2.24, 2.45) is 23.7 Å². The summed E-state index contributed by atoms with van der Waals surface area (Å²) in [5.41, 5.74) is 2.78. The Labute approximate surface area is 163 Å². The summed E-state index contributed by atoms with van der Waals surface area (Å²) in [6.45, 7) is 3.04. The summed E-state index contributed by atoms with van der Waals surface area (Å²) in [5.74, 6) is -1.68. The van der Waals surface area contributed by atoms with Gasteiger partial charge in [0.15, 0.2) is 6.61 Å². The highest BCUT2D eigenvalue weighted by Gasteiger charge is 2.61. The Balaban J connectivity index is 1.29. The van der Waals surface area contributed by atoms with Crippen LogP contribution in [0.2, 0.25) is 0 Å². The molecule has 2 bridgehead atoms. The number of anilines is 1. The number of ether oxygens (including phenoxy) is 1. The number of nitrogens with one attached hydrogen (secondary N) is 1. The van der Waals surface area contributed by atoms with E-state index in [0.717, 1.165) is 35.3 Å². The number of fused-ring (bicyclic) bond motifs is 5. The van der Waals surface area contributed by atoms with Gasteiger partial charge in [0.2, 0.25) is 11.8 Å². The second-order valence-electron chi connectivity index (χ2n) is 8.16. The van der Waals surface area contributed by atoms with Gasteiger partial charge in [0.25, 0.3) is 5.91 Å². The average molecular weight is 384 g/mol. The highest BCUT2D eigenvalue weighted by molar-refractivity contribution is 6.07. The molecule has 7 heteroatoms. The van der Waals surface area contributed by atoms with Gasteiger partial charge in [-0.05, 0) is 68.2 Å². The van der Waals surface area contributed by atoms with Gasteiger partial charge < -0.3 is 10.1 Å². The first-order valence-electron chi connectivity index (χ1n) is 9.73. The van der Waals surface area contributed by atoms with Crippen molar-refractivity contribution in [3.63, 3.8) is 0 Å². The van der Waals surface area contributed by atoms with Crippen molar-refractivity contribution in [1.29, 1.82) is 0 Å². The minimum absolute atomic E-state index is 0.251. The molecule has 4 atom stereocenters. The van der Waals surface area contributed by atoms with Crippen LogP contribution in [0.1, 0.15) is 30.4 Å². The lowest BCUT2D eigenvalue weighted by Gasteiger charge is -2.19. The third kappa shape index (κ3) is 3.19. The van der Waals surface area contributed by atoms with Crippen molar-refractivity contribution in [3.8, 4) is 0 Å². The molecule has 1 heterocycles. The smallest absolute Gasteiger partial charge is 0.326 e. The average Bonchev–Trinajstić information content (AvgIpc) is 3.33. The van der Waals surface area contributed by atoms with E-state index in [1.54, 1.807) is 6.07 Å². The molecular formula is C21H24N2O5. The number of imide groups is 1. The van der Waals surface area contributed by atoms with Gasteiger partial charge in [-0.2, -0.15) is 0 Å². The lowest BCUT2D eigenvalue weighted by atomic mass is 9.81. The van der Waals surface area contributed by atoms with Crippen molar-refractivity contribution in [2.75, 3.05) is 18.5 Å². The zero-order chi connectivity index (χ0) is 20.0. The molecule has 2 saturated carbocycles. The Morgan fingerprint density at radius 2 is 1.71 bits per heavy atom. The number of rotatable bonds is 5. The van der Waals surface area contributed by atoms with Gasteiger partial charge in [-0.1, -0.05) is 6.07 Å². The topological polar surface area (TPSA) is 92.8 Å². The monoisotopic (exact) mass is 384 g/mol. The summed E-state index contributed by atoms with van der Waals surface area (Å²) >= 11 is 0. The minimum atomic E-state index is -0.746. The molecule has 0 spiro atoms. The SMILES string of the molecule is Cc1ccc(NC(=O)COC(=O)CN2C(=O)[C@@H]3[C@@H]4CC[C@@H](C4)[C@@H]3C2=O)cc1C. The summed E-state index contributed by atoms with van der Waals surface area (Å²) in [6.07, 6.45) is 2.92. The van der Waals surface area contributed by atoms with Gasteiger partial charge in [0, 0.05) is 5.69 Å². The van der Waals surface area contributed by atoms with Crippen LogP contribution in [-0.4, -0.2) is 41.7 Å². The molecule has 1 saturated heterocycles. The number of carbonyl (C=O) groups is 4. The first kappa shape index (κ1) is 18.7. The molecule has 3 amide bonds. The molecule has 2 aliphatic carbocycles. The first-order valence-corrected chi connectivity index (χ1v) is 9.73. The summed E-state index contributed by atoms with van der Waals surface area (Å²) in [6, 6.07) is 5.51. The van der Waals surface area contributed by atoms with Crippen LogP contribution in [0.5, 0.6) is 0 Å². The zero-order valence-electron chi connectivity index (χ0n) is 16.1. The number of aryl methyl sites for hydroxylation is 2.